The van der Waals surface area contributed by atoms with Gasteiger partial charge in [0.05, 0.1) is 18.0 Å². The molecule has 1 heterocycles. The third kappa shape index (κ3) is 6.71. The minimum Gasteiger partial charge on any atom is -0.352 e. The van der Waals surface area contributed by atoms with E-state index >= 15 is 0 Å². The average molecular weight is 492 g/mol. The number of carbonyl (C=O) groups is 2. The molecular formula is C25H31ClFN3O2S. The van der Waals surface area contributed by atoms with Crippen LogP contribution in [0.2, 0.25) is 5.02 Å². The first-order valence-electron chi connectivity index (χ1n) is 11.4. The van der Waals surface area contributed by atoms with Gasteiger partial charge in [0.1, 0.15) is 5.82 Å². The lowest BCUT2D eigenvalue weighted by molar-refractivity contribution is -0.116. The predicted molar refractivity (Wildman–Crippen MR) is 134 cm³/mol. The molecule has 33 heavy (non-hydrogen) atoms. The fraction of sp³-hybridized carbons (Fsp3) is 0.440. The first kappa shape index (κ1) is 25.5. The summed E-state index contributed by atoms with van der Waals surface area (Å²) in [6.07, 6.45) is 3.23. The Morgan fingerprint density at radius 3 is 2.73 bits per heavy atom. The van der Waals surface area contributed by atoms with Gasteiger partial charge in [0, 0.05) is 27.6 Å². The number of fused-ring (bicyclic) bond motifs is 1. The summed E-state index contributed by atoms with van der Waals surface area (Å²) < 4.78 is 14.3. The molecule has 0 bridgehead atoms. The van der Waals surface area contributed by atoms with Crippen molar-refractivity contribution in [2.24, 2.45) is 0 Å². The second-order valence-electron chi connectivity index (χ2n) is 8.05. The van der Waals surface area contributed by atoms with Gasteiger partial charge in [0.2, 0.25) is 5.91 Å². The number of nitrogens with one attached hydrogen (secondary N) is 1. The number of amides is 2. The predicted octanol–water partition coefficient (Wildman–Crippen LogP) is 5.36. The van der Waals surface area contributed by atoms with E-state index in [-0.39, 0.29) is 34.7 Å². The van der Waals surface area contributed by atoms with Crippen LogP contribution in [0.1, 0.15) is 49.0 Å². The Hall–Kier alpha value is -2.09. The van der Waals surface area contributed by atoms with Crippen LogP contribution in [0.4, 0.5) is 10.1 Å². The van der Waals surface area contributed by atoms with Gasteiger partial charge in [-0.1, -0.05) is 37.9 Å². The number of halogens is 2. The molecule has 0 aromatic heterocycles. The van der Waals surface area contributed by atoms with Crippen LogP contribution in [0.15, 0.2) is 41.3 Å². The molecule has 0 saturated heterocycles. The van der Waals surface area contributed by atoms with Crippen molar-refractivity contribution in [1.29, 1.82) is 0 Å². The van der Waals surface area contributed by atoms with Crippen LogP contribution in [0.5, 0.6) is 0 Å². The summed E-state index contributed by atoms with van der Waals surface area (Å²) in [6, 6.07) is 9.80. The number of benzene rings is 2. The van der Waals surface area contributed by atoms with Crippen LogP contribution in [-0.2, 0) is 11.3 Å². The summed E-state index contributed by atoms with van der Waals surface area (Å²) in [5.74, 6) is -0.516. The van der Waals surface area contributed by atoms with E-state index in [0.29, 0.717) is 17.8 Å². The van der Waals surface area contributed by atoms with Crippen LogP contribution in [0.3, 0.4) is 0 Å². The maximum Gasteiger partial charge on any atom is 0.251 e. The molecule has 3 rings (SSSR count). The number of thioether (sulfide) groups is 1. The van der Waals surface area contributed by atoms with Crippen LogP contribution in [0, 0.1) is 5.82 Å². The van der Waals surface area contributed by atoms with Gasteiger partial charge in [0.15, 0.2) is 0 Å². The zero-order valence-electron chi connectivity index (χ0n) is 19.2. The van der Waals surface area contributed by atoms with E-state index in [1.807, 2.05) is 6.07 Å². The molecule has 1 aliphatic heterocycles. The normalized spacial score (nSPS) is 13.4. The second kappa shape index (κ2) is 12.4. The van der Waals surface area contributed by atoms with Crippen LogP contribution < -0.4 is 10.2 Å². The molecule has 8 heteroatoms. The van der Waals surface area contributed by atoms with Gasteiger partial charge in [-0.25, -0.2) is 4.39 Å². The summed E-state index contributed by atoms with van der Waals surface area (Å²) in [5.41, 5.74) is 1.36. The third-order valence-electron chi connectivity index (χ3n) is 5.75. The standard InChI is InChI=1S/C25H31ClFN3O2S/c1-3-5-13-29(4-2)14-7-12-28-25(32)18-10-11-23-22(15-18)30(24(31)17-33-23)16-19-20(26)8-6-9-21(19)27/h6,8-11,15H,3-5,7,12-14,16-17H2,1-2H3,(H,28,32). The molecule has 0 saturated carbocycles. The summed E-state index contributed by atoms with van der Waals surface area (Å²) >= 11 is 7.60. The maximum atomic E-state index is 14.3. The molecule has 0 radical (unpaired) electrons. The van der Waals surface area contributed by atoms with Crippen molar-refractivity contribution in [2.75, 3.05) is 36.8 Å². The Labute approximate surface area is 204 Å². The van der Waals surface area contributed by atoms with E-state index in [2.05, 4.69) is 24.1 Å². The topological polar surface area (TPSA) is 52.7 Å². The molecular weight excluding hydrogens is 461 g/mol. The molecule has 0 unspecified atom stereocenters. The molecule has 5 nitrogen and oxygen atoms in total. The Kier molecular flexibility index (Phi) is 9.59. The molecule has 1 N–H and O–H groups in total. The summed E-state index contributed by atoms with van der Waals surface area (Å²) in [4.78, 5) is 30.2. The number of carbonyl (C=O) groups excluding carboxylic acids is 2. The van der Waals surface area contributed by atoms with Crippen molar-refractivity contribution < 1.29 is 14.0 Å². The van der Waals surface area contributed by atoms with Gasteiger partial charge in [-0.3, -0.25) is 9.59 Å². The first-order valence-corrected chi connectivity index (χ1v) is 12.8. The zero-order chi connectivity index (χ0) is 23.8. The van der Waals surface area contributed by atoms with Crippen molar-refractivity contribution in [2.45, 2.75) is 44.6 Å². The highest BCUT2D eigenvalue weighted by Crippen LogP contribution is 2.37. The molecule has 2 amide bonds. The van der Waals surface area contributed by atoms with Crippen LogP contribution >= 0.6 is 23.4 Å². The lowest BCUT2D eigenvalue weighted by atomic mass is 10.1. The Morgan fingerprint density at radius 1 is 1.21 bits per heavy atom. The van der Waals surface area contributed by atoms with Gasteiger partial charge in [-0.05, 0) is 62.8 Å². The highest BCUT2D eigenvalue weighted by Gasteiger charge is 2.27. The Bertz CT molecular complexity index is 968. The largest absolute Gasteiger partial charge is 0.352 e. The molecule has 2 aromatic rings. The zero-order valence-corrected chi connectivity index (χ0v) is 20.8. The lowest BCUT2D eigenvalue weighted by Crippen LogP contribution is -2.35. The van der Waals surface area contributed by atoms with Crippen molar-refractivity contribution in [3.63, 3.8) is 0 Å². The monoisotopic (exact) mass is 491 g/mol. The molecule has 0 atom stereocenters. The molecule has 0 aliphatic carbocycles. The number of hydrogen-bond acceptors (Lipinski definition) is 4. The van der Waals surface area contributed by atoms with Gasteiger partial charge in [-0.15, -0.1) is 11.8 Å². The maximum absolute atomic E-state index is 14.3. The smallest absolute Gasteiger partial charge is 0.251 e. The van der Waals surface area contributed by atoms with Gasteiger partial charge < -0.3 is 15.1 Å². The summed E-state index contributed by atoms with van der Waals surface area (Å²) in [5, 5.41) is 3.25. The van der Waals surface area contributed by atoms with Gasteiger partial charge >= 0.3 is 0 Å². The summed E-state index contributed by atoms with van der Waals surface area (Å²) in [7, 11) is 0. The molecule has 178 valence electrons. The first-order chi connectivity index (χ1) is 15.9. The SMILES string of the molecule is CCCCN(CC)CCCNC(=O)c1ccc2c(c1)N(Cc1c(F)cccc1Cl)C(=O)CS2. The number of rotatable bonds is 11. The minimum atomic E-state index is -0.455. The van der Waals surface area contributed by atoms with E-state index < -0.39 is 5.82 Å². The van der Waals surface area contributed by atoms with E-state index in [9.17, 15) is 14.0 Å². The van der Waals surface area contributed by atoms with E-state index in [1.54, 1.807) is 18.2 Å². The van der Waals surface area contributed by atoms with E-state index in [1.165, 1.54) is 41.6 Å². The van der Waals surface area contributed by atoms with Crippen LogP contribution in [0.25, 0.3) is 0 Å². The number of unbranched alkanes of at least 4 members (excludes halogenated alkanes) is 1. The van der Waals surface area contributed by atoms with Gasteiger partial charge in [0.25, 0.3) is 5.91 Å². The molecule has 0 fully saturated rings. The second-order valence-corrected chi connectivity index (χ2v) is 9.47. The third-order valence-corrected chi connectivity index (χ3v) is 7.16. The number of anilines is 1. The molecule has 1 aliphatic rings. The highest BCUT2D eigenvalue weighted by atomic mass is 35.5. The van der Waals surface area contributed by atoms with Crippen molar-refractivity contribution >= 4 is 40.9 Å². The fourth-order valence-electron chi connectivity index (χ4n) is 3.77. The molecule has 2 aromatic carbocycles. The quantitative estimate of drug-likeness (QED) is 0.430. The highest BCUT2D eigenvalue weighted by molar-refractivity contribution is 8.00. The lowest BCUT2D eigenvalue weighted by Gasteiger charge is -2.30. The summed E-state index contributed by atoms with van der Waals surface area (Å²) in [6.45, 7) is 7.98. The molecule has 0 spiro atoms. The van der Waals surface area contributed by atoms with E-state index in [4.69, 9.17) is 11.6 Å². The van der Waals surface area contributed by atoms with Gasteiger partial charge in [-0.2, -0.15) is 0 Å². The number of hydrogen-bond donors (Lipinski definition) is 1. The Morgan fingerprint density at radius 2 is 2.00 bits per heavy atom. The van der Waals surface area contributed by atoms with E-state index in [0.717, 1.165) is 31.0 Å². The minimum absolute atomic E-state index is 0.0214. The van der Waals surface area contributed by atoms with Crippen molar-refractivity contribution in [3.05, 3.63) is 58.4 Å². The van der Waals surface area contributed by atoms with Crippen molar-refractivity contribution in [3.8, 4) is 0 Å². The fourth-order valence-corrected chi connectivity index (χ4v) is 4.91. The Balaban J connectivity index is 1.67. The van der Waals surface area contributed by atoms with Crippen LogP contribution in [-0.4, -0.2) is 48.6 Å². The van der Waals surface area contributed by atoms with Crippen molar-refractivity contribution in [1.82, 2.24) is 10.2 Å². The number of nitrogens with zero attached hydrogens (tertiary/aromatic N) is 2. The average Bonchev–Trinajstić information content (AvgIpc) is 2.81.